The molecule has 7 heteroatoms. The van der Waals surface area contributed by atoms with Crippen LogP contribution in [0.3, 0.4) is 0 Å². The number of anilines is 1. The summed E-state index contributed by atoms with van der Waals surface area (Å²) in [6.07, 6.45) is 3.20. The van der Waals surface area contributed by atoms with Gasteiger partial charge in [-0.25, -0.2) is 4.90 Å². The maximum atomic E-state index is 14.2. The highest BCUT2D eigenvalue weighted by atomic mass is 79.9. The van der Waals surface area contributed by atoms with Crippen molar-refractivity contribution >= 4 is 55.3 Å². The number of benzene rings is 3. The molecule has 3 aromatic carbocycles. The molecule has 2 fully saturated rings. The van der Waals surface area contributed by atoms with Gasteiger partial charge in [0.2, 0.25) is 11.8 Å². The van der Waals surface area contributed by atoms with Crippen LogP contribution in [-0.4, -0.2) is 35.7 Å². The molecule has 0 spiro atoms. The van der Waals surface area contributed by atoms with E-state index in [9.17, 15) is 14.4 Å². The molecule has 2 atom stereocenters. The molecule has 0 saturated carbocycles. The lowest BCUT2D eigenvalue weighted by molar-refractivity contribution is -0.122. The maximum absolute atomic E-state index is 14.2. The van der Waals surface area contributed by atoms with Crippen LogP contribution in [0.2, 0.25) is 0 Å². The molecule has 8 rings (SSSR count). The van der Waals surface area contributed by atoms with E-state index >= 15 is 0 Å². The van der Waals surface area contributed by atoms with Crippen molar-refractivity contribution in [2.75, 3.05) is 18.0 Å². The number of imide groups is 1. The Morgan fingerprint density at radius 1 is 0.676 bits per heavy atom. The lowest BCUT2D eigenvalue weighted by Crippen LogP contribution is -2.56. The molecule has 37 heavy (non-hydrogen) atoms. The molecule has 2 saturated heterocycles. The van der Waals surface area contributed by atoms with E-state index in [1.807, 2.05) is 53.4 Å². The number of hydrogen-bond donors (Lipinski definition) is 0. The summed E-state index contributed by atoms with van der Waals surface area (Å²) in [6.45, 7) is 1.55. The minimum absolute atomic E-state index is 0.00163. The zero-order valence-electron chi connectivity index (χ0n) is 20.0. The van der Waals surface area contributed by atoms with E-state index in [1.165, 1.54) is 4.90 Å². The van der Waals surface area contributed by atoms with Crippen molar-refractivity contribution in [3.63, 3.8) is 0 Å². The van der Waals surface area contributed by atoms with E-state index in [0.717, 1.165) is 54.6 Å². The van der Waals surface area contributed by atoms with Crippen molar-refractivity contribution in [2.45, 2.75) is 27.9 Å². The lowest BCUT2D eigenvalue weighted by atomic mass is 9.54. The fourth-order valence-corrected chi connectivity index (χ4v) is 9.26. The number of hydrogen-bond acceptors (Lipinski definition) is 3. The molecular formula is C30H24Br2N2O3. The van der Waals surface area contributed by atoms with Gasteiger partial charge in [0.1, 0.15) is 0 Å². The molecule has 0 unspecified atom stereocenters. The van der Waals surface area contributed by atoms with E-state index < -0.39 is 20.5 Å². The predicted molar refractivity (Wildman–Crippen MR) is 148 cm³/mol. The molecule has 0 aromatic heterocycles. The monoisotopic (exact) mass is 618 g/mol. The second-order valence-electron chi connectivity index (χ2n) is 10.4. The smallest absolute Gasteiger partial charge is 0.253 e. The van der Waals surface area contributed by atoms with Crippen molar-refractivity contribution in [1.29, 1.82) is 0 Å². The minimum atomic E-state index is -0.813. The molecule has 5 nitrogen and oxygen atoms in total. The number of likely N-dealkylation sites (tertiary alicyclic amines) is 1. The number of nitrogens with zero attached hydrogens (tertiary/aromatic N) is 2. The number of alkyl halides is 2. The van der Waals surface area contributed by atoms with Gasteiger partial charge in [-0.3, -0.25) is 14.4 Å². The van der Waals surface area contributed by atoms with E-state index in [2.05, 4.69) is 31.9 Å². The minimum Gasteiger partial charge on any atom is -0.339 e. The second-order valence-corrected chi connectivity index (χ2v) is 12.9. The van der Waals surface area contributed by atoms with Gasteiger partial charge < -0.3 is 4.90 Å². The summed E-state index contributed by atoms with van der Waals surface area (Å²) in [5.74, 6) is -1.68. The topological polar surface area (TPSA) is 57.7 Å². The number of amides is 3. The van der Waals surface area contributed by atoms with Crippen LogP contribution in [0.15, 0.2) is 72.8 Å². The quantitative estimate of drug-likeness (QED) is 0.272. The van der Waals surface area contributed by atoms with E-state index in [0.29, 0.717) is 11.3 Å². The van der Waals surface area contributed by atoms with Gasteiger partial charge in [0, 0.05) is 18.7 Å². The first-order chi connectivity index (χ1) is 17.9. The molecule has 0 N–H and O–H groups in total. The molecule has 186 valence electrons. The summed E-state index contributed by atoms with van der Waals surface area (Å²) in [7, 11) is 0. The van der Waals surface area contributed by atoms with Crippen LogP contribution in [-0.2, 0) is 18.2 Å². The van der Waals surface area contributed by atoms with Crippen molar-refractivity contribution in [3.05, 3.63) is 101 Å². The molecule has 2 bridgehead atoms. The van der Waals surface area contributed by atoms with Gasteiger partial charge in [-0.1, -0.05) is 80.4 Å². The van der Waals surface area contributed by atoms with Gasteiger partial charge in [-0.05, 0) is 65.8 Å². The molecule has 3 aliphatic carbocycles. The Morgan fingerprint density at radius 2 is 1.11 bits per heavy atom. The maximum Gasteiger partial charge on any atom is 0.253 e. The molecule has 0 radical (unpaired) electrons. The van der Waals surface area contributed by atoms with Gasteiger partial charge in [-0.15, -0.1) is 0 Å². The SMILES string of the molecule is O=C(c1ccc(N2C(=O)[C@H]3[C@H](C2=O)C2(Br)c4ccccc4C3(Br)c3ccccc32)cc1)N1CCCCC1. The summed E-state index contributed by atoms with van der Waals surface area (Å²) in [6, 6.07) is 23.1. The molecule has 2 aliphatic heterocycles. The average molecular weight is 620 g/mol. The van der Waals surface area contributed by atoms with Crippen molar-refractivity contribution in [1.82, 2.24) is 4.90 Å². The third kappa shape index (κ3) is 2.93. The summed E-state index contributed by atoms with van der Waals surface area (Å²) in [5.41, 5.74) is 5.12. The number of piperidine rings is 1. The Kier molecular flexibility index (Phi) is 5.12. The van der Waals surface area contributed by atoms with Crippen LogP contribution < -0.4 is 4.90 Å². The number of carbonyl (C=O) groups is 3. The van der Waals surface area contributed by atoms with Crippen molar-refractivity contribution < 1.29 is 14.4 Å². The summed E-state index contributed by atoms with van der Waals surface area (Å²) >= 11 is 8.07. The largest absolute Gasteiger partial charge is 0.339 e. The first-order valence-electron chi connectivity index (χ1n) is 12.7. The number of carbonyl (C=O) groups excluding carboxylic acids is 3. The third-order valence-corrected chi connectivity index (χ3v) is 11.3. The molecular weight excluding hydrogens is 596 g/mol. The predicted octanol–water partition coefficient (Wildman–Crippen LogP) is 5.72. The normalized spacial score (nSPS) is 29.7. The molecule has 3 aromatic rings. The second kappa shape index (κ2) is 8.11. The van der Waals surface area contributed by atoms with Gasteiger partial charge in [0.05, 0.1) is 26.2 Å². The Morgan fingerprint density at radius 3 is 1.54 bits per heavy atom. The fourth-order valence-electron chi connectivity index (χ4n) is 6.95. The highest BCUT2D eigenvalue weighted by Crippen LogP contribution is 2.70. The van der Waals surface area contributed by atoms with Crippen LogP contribution in [0, 0.1) is 11.8 Å². The Labute approximate surface area is 232 Å². The zero-order chi connectivity index (χ0) is 25.5. The van der Waals surface area contributed by atoms with Crippen LogP contribution in [0.4, 0.5) is 5.69 Å². The molecule has 3 amide bonds. The molecule has 5 aliphatic rings. The Hall–Kier alpha value is -2.77. The van der Waals surface area contributed by atoms with Gasteiger partial charge in [0.15, 0.2) is 0 Å². The highest BCUT2D eigenvalue weighted by Gasteiger charge is 2.72. The lowest BCUT2D eigenvalue weighted by Gasteiger charge is -2.55. The first kappa shape index (κ1) is 23.4. The summed E-state index contributed by atoms with van der Waals surface area (Å²) in [4.78, 5) is 44.5. The Bertz CT molecular complexity index is 1360. The summed E-state index contributed by atoms with van der Waals surface area (Å²) in [5, 5.41) is 0. The standard InChI is InChI=1S/C30H24Br2N2O3/c31-29-20-8-2-3-9-21(20)30(32,23-11-5-4-10-22(23)29)25-24(29)27(36)34(28(25)37)19-14-12-18(13-15-19)26(35)33-16-6-1-7-17-33/h2-5,8-15,24-25H,1,6-7,16-17H2/t24-,25-,29?,30?/m1/s1. The van der Waals surface area contributed by atoms with Crippen molar-refractivity contribution in [2.24, 2.45) is 11.8 Å². The highest BCUT2D eigenvalue weighted by molar-refractivity contribution is 9.10. The van der Waals surface area contributed by atoms with Crippen LogP contribution in [0.25, 0.3) is 0 Å². The van der Waals surface area contributed by atoms with Crippen LogP contribution in [0.5, 0.6) is 0 Å². The zero-order valence-corrected chi connectivity index (χ0v) is 23.2. The van der Waals surface area contributed by atoms with E-state index in [-0.39, 0.29) is 17.7 Å². The number of rotatable bonds is 2. The van der Waals surface area contributed by atoms with Crippen molar-refractivity contribution in [3.8, 4) is 0 Å². The van der Waals surface area contributed by atoms with E-state index in [4.69, 9.17) is 0 Å². The first-order valence-corrected chi connectivity index (χ1v) is 14.3. The van der Waals surface area contributed by atoms with Gasteiger partial charge in [-0.2, -0.15) is 0 Å². The average Bonchev–Trinajstić information content (AvgIpc) is 3.22. The fraction of sp³-hybridized carbons (Fsp3) is 0.300. The third-order valence-electron chi connectivity index (χ3n) is 8.60. The molecule has 2 heterocycles. The van der Waals surface area contributed by atoms with Gasteiger partial charge >= 0.3 is 0 Å². The Balaban J connectivity index is 1.31. The number of halogens is 2. The van der Waals surface area contributed by atoms with Gasteiger partial charge in [0.25, 0.3) is 5.91 Å². The summed E-state index contributed by atoms with van der Waals surface area (Å²) < 4.78 is -1.63. The van der Waals surface area contributed by atoms with Crippen LogP contribution in [0.1, 0.15) is 51.9 Å². The van der Waals surface area contributed by atoms with Crippen LogP contribution >= 0.6 is 31.9 Å². The van der Waals surface area contributed by atoms with E-state index in [1.54, 1.807) is 24.3 Å².